The van der Waals surface area contributed by atoms with Gasteiger partial charge < -0.3 is 9.08 Å². The van der Waals surface area contributed by atoms with Gasteiger partial charge in [-0.3, -0.25) is 0 Å². The van der Waals surface area contributed by atoms with Crippen LogP contribution in [0.5, 0.6) is 5.75 Å². The summed E-state index contributed by atoms with van der Waals surface area (Å²) in [5.41, 5.74) is 1.17. The van der Waals surface area contributed by atoms with E-state index >= 15 is 0 Å². The Hall–Kier alpha value is -1.85. The third kappa shape index (κ3) is 5.08. The van der Waals surface area contributed by atoms with Crippen LogP contribution in [-0.4, -0.2) is 33.5 Å². The monoisotopic (exact) mass is 333 g/mol. The Balaban J connectivity index is 2.00. The molecular weight excluding hydrogens is 310 g/mol. The smallest absolute Gasteiger partial charge is 0.339 e. The molecule has 0 radical (unpaired) electrons. The Kier molecular flexibility index (Phi) is 5.80. The van der Waals surface area contributed by atoms with Gasteiger partial charge in [0.2, 0.25) is 0 Å². The Labute approximate surface area is 138 Å². The fourth-order valence-electron chi connectivity index (χ4n) is 2.11. The highest BCUT2D eigenvalue weighted by Crippen LogP contribution is 2.20. The largest absolute Gasteiger partial charge is 0.379 e. The second kappa shape index (κ2) is 7.62. The number of hydrogen-bond acceptors (Lipinski definition) is 4. The molecule has 2 aromatic carbocycles. The van der Waals surface area contributed by atoms with Crippen molar-refractivity contribution in [3.8, 4) is 5.75 Å². The summed E-state index contributed by atoms with van der Waals surface area (Å²) < 4.78 is 29.5. The molecular formula is C18H23NO3S. The van der Waals surface area contributed by atoms with E-state index in [1.54, 1.807) is 30.3 Å². The first-order chi connectivity index (χ1) is 10.9. The van der Waals surface area contributed by atoms with Gasteiger partial charge >= 0.3 is 10.1 Å². The van der Waals surface area contributed by atoms with Crippen molar-refractivity contribution in [3.63, 3.8) is 0 Å². The van der Waals surface area contributed by atoms with Crippen LogP contribution >= 0.6 is 0 Å². The minimum atomic E-state index is -3.77. The maximum Gasteiger partial charge on any atom is 0.339 e. The number of rotatable bonds is 7. The lowest BCUT2D eigenvalue weighted by Gasteiger charge is -2.19. The molecule has 2 aromatic rings. The molecule has 0 bridgehead atoms. The van der Waals surface area contributed by atoms with Gasteiger partial charge in [0.1, 0.15) is 10.6 Å². The zero-order chi connectivity index (χ0) is 16.9. The van der Waals surface area contributed by atoms with E-state index < -0.39 is 10.1 Å². The molecule has 0 N–H and O–H groups in total. The summed E-state index contributed by atoms with van der Waals surface area (Å²) >= 11 is 0. The molecule has 0 fully saturated rings. The number of hydrogen-bond donors (Lipinski definition) is 0. The average Bonchev–Trinajstić information content (AvgIpc) is 2.54. The van der Waals surface area contributed by atoms with Crippen LogP contribution in [0.3, 0.4) is 0 Å². The third-order valence-corrected chi connectivity index (χ3v) is 5.15. The van der Waals surface area contributed by atoms with E-state index in [1.165, 1.54) is 17.7 Å². The lowest BCUT2D eigenvalue weighted by Crippen LogP contribution is -2.24. The van der Waals surface area contributed by atoms with E-state index in [1.807, 2.05) is 12.1 Å². The zero-order valence-electron chi connectivity index (χ0n) is 13.8. The maximum atomic E-state index is 12.1. The van der Waals surface area contributed by atoms with Crippen LogP contribution in [0.15, 0.2) is 59.5 Å². The summed E-state index contributed by atoms with van der Waals surface area (Å²) in [4.78, 5) is 2.34. The SMILES string of the molecule is CC(CCc1ccc(OS(=O)(=O)c2ccccc2)cc1)N(C)C. The van der Waals surface area contributed by atoms with Crippen molar-refractivity contribution < 1.29 is 12.6 Å². The number of nitrogens with zero attached hydrogens (tertiary/aromatic N) is 1. The predicted octanol–water partition coefficient (Wildman–Crippen LogP) is 3.34. The molecule has 0 amide bonds. The first-order valence-corrected chi connectivity index (χ1v) is 9.04. The molecule has 2 rings (SSSR count). The summed E-state index contributed by atoms with van der Waals surface area (Å²) in [7, 11) is 0.361. The average molecular weight is 333 g/mol. The topological polar surface area (TPSA) is 46.6 Å². The van der Waals surface area contributed by atoms with Gasteiger partial charge in [0, 0.05) is 6.04 Å². The van der Waals surface area contributed by atoms with Gasteiger partial charge in [-0.05, 0) is 63.7 Å². The lowest BCUT2D eigenvalue weighted by molar-refractivity contribution is 0.299. The zero-order valence-corrected chi connectivity index (χ0v) is 14.6. The van der Waals surface area contributed by atoms with Crippen molar-refractivity contribution in [1.29, 1.82) is 0 Å². The molecule has 0 aliphatic heterocycles. The van der Waals surface area contributed by atoms with Crippen molar-refractivity contribution in [2.75, 3.05) is 14.1 Å². The Morgan fingerprint density at radius 2 is 1.61 bits per heavy atom. The molecule has 0 heterocycles. The van der Waals surface area contributed by atoms with Crippen molar-refractivity contribution in [2.24, 2.45) is 0 Å². The van der Waals surface area contributed by atoms with Crippen LogP contribution in [0, 0.1) is 0 Å². The second-order valence-corrected chi connectivity index (χ2v) is 7.39. The summed E-state index contributed by atoms with van der Waals surface area (Å²) in [6.07, 6.45) is 2.00. The molecule has 0 spiro atoms. The standard InChI is InChI=1S/C18H23NO3S/c1-15(19(2)3)9-10-16-11-13-17(14-12-16)22-23(20,21)18-7-5-4-6-8-18/h4-8,11-15H,9-10H2,1-3H3. The van der Waals surface area contributed by atoms with Crippen molar-refractivity contribution >= 4 is 10.1 Å². The lowest BCUT2D eigenvalue weighted by atomic mass is 10.1. The van der Waals surface area contributed by atoms with Crippen LogP contribution in [0.25, 0.3) is 0 Å². The first kappa shape index (κ1) is 17.5. The fourth-order valence-corrected chi connectivity index (χ4v) is 3.06. The van der Waals surface area contributed by atoms with Crippen molar-refractivity contribution in [3.05, 3.63) is 60.2 Å². The number of benzene rings is 2. The van der Waals surface area contributed by atoms with E-state index in [9.17, 15) is 8.42 Å². The number of aryl methyl sites for hydroxylation is 1. The van der Waals surface area contributed by atoms with Gasteiger partial charge in [0.05, 0.1) is 0 Å². The van der Waals surface area contributed by atoms with E-state index in [0.717, 1.165) is 12.8 Å². The van der Waals surface area contributed by atoms with E-state index in [-0.39, 0.29) is 4.90 Å². The van der Waals surface area contributed by atoms with Gasteiger partial charge in [0.15, 0.2) is 0 Å². The van der Waals surface area contributed by atoms with Crippen molar-refractivity contribution in [1.82, 2.24) is 4.90 Å². The minimum Gasteiger partial charge on any atom is -0.379 e. The predicted molar refractivity (Wildman–Crippen MR) is 92.2 cm³/mol. The third-order valence-electron chi connectivity index (χ3n) is 3.89. The Bertz CT molecular complexity index is 710. The highest BCUT2D eigenvalue weighted by molar-refractivity contribution is 7.87. The molecule has 0 saturated heterocycles. The molecule has 0 aliphatic carbocycles. The van der Waals surface area contributed by atoms with Crippen LogP contribution in [-0.2, 0) is 16.5 Å². The normalized spacial score (nSPS) is 13.0. The Morgan fingerprint density at radius 3 is 2.17 bits per heavy atom. The quantitative estimate of drug-likeness (QED) is 0.729. The summed E-state index contributed by atoms with van der Waals surface area (Å²) in [6, 6.07) is 15.9. The van der Waals surface area contributed by atoms with E-state index in [0.29, 0.717) is 11.8 Å². The minimum absolute atomic E-state index is 0.156. The van der Waals surface area contributed by atoms with Gasteiger partial charge in [-0.15, -0.1) is 0 Å². The summed E-state index contributed by atoms with van der Waals surface area (Å²) in [6.45, 7) is 2.18. The molecule has 4 nitrogen and oxygen atoms in total. The summed E-state index contributed by atoms with van der Waals surface area (Å²) in [5.74, 6) is 0.332. The molecule has 0 aromatic heterocycles. The fraction of sp³-hybridized carbons (Fsp3) is 0.333. The highest BCUT2D eigenvalue weighted by Gasteiger charge is 2.15. The first-order valence-electron chi connectivity index (χ1n) is 7.63. The molecule has 1 atom stereocenters. The molecule has 1 unspecified atom stereocenters. The maximum absolute atomic E-state index is 12.1. The Morgan fingerprint density at radius 1 is 1.00 bits per heavy atom. The molecule has 0 aliphatic rings. The highest BCUT2D eigenvalue weighted by atomic mass is 32.2. The molecule has 0 saturated carbocycles. The van der Waals surface area contributed by atoms with E-state index in [4.69, 9.17) is 4.18 Å². The van der Waals surface area contributed by atoms with Crippen LogP contribution < -0.4 is 4.18 Å². The van der Waals surface area contributed by atoms with E-state index in [2.05, 4.69) is 25.9 Å². The summed E-state index contributed by atoms with van der Waals surface area (Å²) in [5, 5.41) is 0. The van der Waals surface area contributed by atoms with Crippen LogP contribution in [0.1, 0.15) is 18.9 Å². The van der Waals surface area contributed by atoms with Gasteiger partial charge in [0.25, 0.3) is 0 Å². The van der Waals surface area contributed by atoms with Crippen LogP contribution in [0.4, 0.5) is 0 Å². The van der Waals surface area contributed by atoms with Gasteiger partial charge in [-0.25, -0.2) is 0 Å². The van der Waals surface area contributed by atoms with Gasteiger partial charge in [-0.1, -0.05) is 30.3 Å². The molecule has 5 heteroatoms. The molecule has 124 valence electrons. The van der Waals surface area contributed by atoms with Crippen LogP contribution in [0.2, 0.25) is 0 Å². The molecule has 23 heavy (non-hydrogen) atoms. The second-order valence-electron chi connectivity index (χ2n) is 5.85. The van der Waals surface area contributed by atoms with Gasteiger partial charge in [-0.2, -0.15) is 8.42 Å². The van der Waals surface area contributed by atoms with Crippen molar-refractivity contribution in [2.45, 2.75) is 30.7 Å².